The third-order valence-corrected chi connectivity index (χ3v) is 3.42. The molecule has 142 valence electrons. The number of amides is 2. The van der Waals surface area contributed by atoms with Gasteiger partial charge in [-0.25, -0.2) is 0 Å². The minimum absolute atomic E-state index is 0.144. The lowest BCUT2D eigenvalue weighted by atomic mass is 10.1. The van der Waals surface area contributed by atoms with Crippen LogP contribution in [0.15, 0.2) is 35.5 Å². The van der Waals surface area contributed by atoms with Crippen LogP contribution in [0.1, 0.15) is 47.0 Å². The first-order chi connectivity index (χ1) is 11.8. The van der Waals surface area contributed by atoms with Gasteiger partial charge in [0.1, 0.15) is 0 Å². The van der Waals surface area contributed by atoms with Crippen LogP contribution in [0.4, 0.5) is 0 Å². The summed E-state index contributed by atoms with van der Waals surface area (Å²) < 4.78 is 0. The predicted molar refractivity (Wildman–Crippen MR) is 99.9 cm³/mol. The van der Waals surface area contributed by atoms with Crippen molar-refractivity contribution < 1.29 is 19.8 Å². The monoisotopic (exact) mass is 352 g/mol. The number of rotatable bonds is 11. The molecule has 0 aliphatic carbocycles. The summed E-state index contributed by atoms with van der Waals surface area (Å²) in [6.07, 6.45) is 7.66. The first kappa shape index (κ1) is 23.1. The standard InChI is InChI=1S/C19H32N2O4/c1-5-7-14(2)8-6-9-15(3)12-18(24)19(25)20-11-10-17(23)13-21-16(4)22/h6-8,12,17-18,23-24H,5,9-11,13H2,1-4H3,(H,20,25)(H,21,22)/b8-6+,14-7+,15-12-/t17-,18-/m0/s1. The van der Waals surface area contributed by atoms with Gasteiger partial charge in [0.2, 0.25) is 5.91 Å². The molecule has 0 unspecified atom stereocenters. The molecule has 0 aliphatic heterocycles. The Balaban J connectivity index is 4.18. The van der Waals surface area contributed by atoms with Crippen molar-refractivity contribution in [1.29, 1.82) is 0 Å². The normalized spacial score (nSPS) is 15.1. The molecule has 2 amide bonds. The van der Waals surface area contributed by atoms with E-state index in [1.807, 2.05) is 26.0 Å². The van der Waals surface area contributed by atoms with Gasteiger partial charge in [-0.15, -0.1) is 0 Å². The van der Waals surface area contributed by atoms with Crippen LogP contribution in [0.25, 0.3) is 0 Å². The maximum atomic E-state index is 11.8. The molecule has 0 fully saturated rings. The highest BCUT2D eigenvalue weighted by Gasteiger charge is 2.12. The summed E-state index contributed by atoms with van der Waals surface area (Å²) in [7, 11) is 0. The van der Waals surface area contributed by atoms with Crippen LogP contribution in [0.5, 0.6) is 0 Å². The lowest BCUT2D eigenvalue weighted by molar-refractivity contribution is -0.127. The quantitative estimate of drug-likeness (QED) is 0.335. The number of carbonyl (C=O) groups is 2. The number of carbonyl (C=O) groups excluding carboxylic acids is 2. The van der Waals surface area contributed by atoms with Gasteiger partial charge in [-0.2, -0.15) is 0 Å². The average molecular weight is 352 g/mol. The van der Waals surface area contributed by atoms with Crippen molar-refractivity contribution in [2.45, 2.75) is 59.2 Å². The topological polar surface area (TPSA) is 98.7 Å². The number of nitrogens with one attached hydrogen (secondary N) is 2. The van der Waals surface area contributed by atoms with Crippen LogP contribution in [-0.2, 0) is 9.59 Å². The first-order valence-electron chi connectivity index (χ1n) is 8.65. The van der Waals surface area contributed by atoms with Crippen LogP contribution in [0, 0.1) is 0 Å². The molecule has 0 saturated heterocycles. The molecular formula is C19H32N2O4. The minimum atomic E-state index is -1.21. The predicted octanol–water partition coefficient (Wildman–Crippen LogP) is 1.60. The summed E-state index contributed by atoms with van der Waals surface area (Å²) >= 11 is 0. The second-order valence-electron chi connectivity index (χ2n) is 6.09. The number of allylic oxidation sites excluding steroid dienone is 5. The van der Waals surface area contributed by atoms with Gasteiger partial charge in [0.25, 0.3) is 5.91 Å². The molecule has 0 heterocycles. The van der Waals surface area contributed by atoms with E-state index in [4.69, 9.17) is 0 Å². The molecule has 0 rings (SSSR count). The molecule has 6 heteroatoms. The number of aliphatic hydroxyl groups is 2. The maximum absolute atomic E-state index is 11.8. The van der Waals surface area contributed by atoms with Crippen molar-refractivity contribution >= 4 is 11.8 Å². The van der Waals surface area contributed by atoms with Crippen molar-refractivity contribution in [3.8, 4) is 0 Å². The van der Waals surface area contributed by atoms with Crippen LogP contribution in [0.2, 0.25) is 0 Å². The van der Waals surface area contributed by atoms with E-state index in [0.717, 1.165) is 12.0 Å². The van der Waals surface area contributed by atoms with Crippen LogP contribution >= 0.6 is 0 Å². The molecule has 0 aromatic rings. The Morgan fingerprint density at radius 2 is 1.80 bits per heavy atom. The highest BCUT2D eigenvalue weighted by molar-refractivity contribution is 5.82. The molecule has 0 aliphatic rings. The Hall–Kier alpha value is -1.92. The molecule has 0 aromatic carbocycles. The summed E-state index contributed by atoms with van der Waals surface area (Å²) in [6.45, 7) is 7.71. The van der Waals surface area contributed by atoms with Crippen LogP contribution in [0.3, 0.4) is 0 Å². The molecule has 6 nitrogen and oxygen atoms in total. The highest BCUT2D eigenvalue weighted by Crippen LogP contribution is 2.06. The van der Waals surface area contributed by atoms with Crippen LogP contribution < -0.4 is 10.6 Å². The fourth-order valence-corrected chi connectivity index (χ4v) is 2.06. The van der Waals surface area contributed by atoms with Gasteiger partial charge < -0.3 is 20.8 Å². The third kappa shape index (κ3) is 13.1. The number of hydrogen-bond donors (Lipinski definition) is 4. The van der Waals surface area contributed by atoms with E-state index in [0.29, 0.717) is 12.8 Å². The van der Waals surface area contributed by atoms with Gasteiger partial charge >= 0.3 is 0 Å². The summed E-state index contributed by atoms with van der Waals surface area (Å²) in [5.74, 6) is -0.717. The van der Waals surface area contributed by atoms with Gasteiger partial charge in [-0.1, -0.05) is 36.3 Å². The van der Waals surface area contributed by atoms with Gasteiger partial charge in [0.15, 0.2) is 6.10 Å². The van der Waals surface area contributed by atoms with E-state index in [-0.39, 0.29) is 19.0 Å². The summed E-state index contributed by atoms with van der Waals surface area (Å²) in [5.41, 5.74) is 2.08. The molecule has 0 radical (unpaired) electrons. The Labute approximate surface area is 150 Å². The van der Waals surface area contributed by atoms with Crippen molar-refractivity contribution in [1.82, 2.24) is 10.6 Å². The lowest BCUT2D eigenvalue weighted by Gasteiger charge is -2.13. The van der Waals surface area contributed by atoms with E-state index in [1.54, 1.807) is 0 Å². The largest absolute Gasteiger partial charge is 0.391 e. The van der Waals surface area contributed by atoms with Gasteiger partial charge in [0.05, 0.1) is 6.10 Å². The second kappa shape index (κ2) is 13.4. The Kier molecular flexibility index (Phi) is 12.4. The van der Waals surface area contributed by atoms with Crippen molar-refractivity contribution in [2.24, 2.45) is 0 Å². The molecular weight excluding hydrogens is 320 g/mol. The molecule has 4 N–H and O–H groups in total. The van der Waals surface area contributed by atoms with E-state index in [9.17, 15) is 19.8 Å². The minimum Gasteiger partial charge on any atom is -0.391 e. The zero-order valence-electron chi connectivity index (χ0n) is 15.7. The van der Waals surface area contributed by atoms with Gasteiger partial charge in [-0.05, 0) is 39.2 Å². The maximum Gasteiger partial charge on any atom is 0.252 e. The molecule has 0 spiro atoms. The first-order valence-corrected chi connectivity index (χ1v) is 8.65. The van der Waals surface area contributed by atoms with E-state index >= 15 is 0 Å². The Morgan fingerprint density at radius 3 is 2.40 bits per heavy atom. The van der Waals surface area contributed by atoms with E-state index in [2.05, 4.69) is 23.6 Å². The third-order valence-electron chi connectivity index (χ3n) is 3.42. The molecule has 0 bridgehead atoms. The highest BCUT2D eigenvalue weighted by atomic mass is 16.3. The van der Waals surface area contributed by atoms with Gasteiger partial charge in [0, 0.05) is 20.0 Å². The SMILES string of the molecule is CC/C=C(C)/C=C/C/C(C)=C\[C@H](O)C(=O)NCC[C@H](O)CNC(C)=O. The molecule has 0 saturated carbocycles. The Morgan fingerprint density at radius 1 is 1.12 bits per heavy atom. The fraction of sp³-hybridized carbons (Fsp3) is 0.579. The summed E-state index contributed by atoms with van der Waals surface area (Å²) in [6, 6.07) is 0. The Bertz CT molecular complexity index is 510. The van der Waals surface area contributed by atoms with E-state index in [1.165, 1.54) is 18.6 Å². The smallest absolute Gasteiger partial charge is 0.252 e. The number of aliphatic hydroxyl groups excluding tert-OH is 2. The summed E-state index contributed by atoms with van der Waals surface area (Å²) in [4.78, 5) is 22.5. The second-order valence-corrected chi connectivity index (χ2v) is 6.09. The van der Waals surface area contributed by atoms with Crippen molar-refractivity contribution in [3.63, 3.8) is 0 Å². The van der Waals surface area contributed by atoms with Crippen LogP contribution in [-0.4, -0.2) is 47.3 Å². The molecule has 25 heavy (non-hydrogen) atoms. The molecule has 2 atom stereocenters. The molecule has 0 aromatic heterocycles. The zero-order chi connectivity index (χ0) is 19.2. The van der Waals surface area contributed by atoms with Crippen molar-refractivity contribution in [2.75, 3.05) is 13.1 Å². The summed E-state index contributed by atoms with van der Waals surface area (Å²) in [5, 5.41) is 24.6. The van der Waals surface area contributed by atoms with Gasteiger partial charge in [-0.3, -0.25) is 9.59 Å². The fourth-order valence-electron chi connectivity index (χ4n) is 2.06. The van der Waals surface area contributed by atoms with Crippen molar-refractivity contribution in [3.05, 3.63) is 35.5 Å². The van der Waals surface area contributed by atoms with E-state index < -0.39 is 18.1 Å². The zero-order valence-corrected chi connectivity index (χ0v) is 15.7. The lowest BCUT2D eigenvalue weighted by Crippen LogP contribution is -2.37. The number of hydrogen-bond acceptors (Lipinski definition) is 4. The average Bonchev–Trinajstić information content (AvgIpc) is 2.52.